The number of ether oxygens (including phenoxy) is 1. The number of carbonyl (C=O) groups excluding carboxylic acids is 1. The molecular formula is C18H25N7O2. The summed E-state index contributed by atoms with van der Waals surface area (Å²) in [5.74, 6) is 0.989. The fourth-order valence-electron chi connectivity index (χ4n) is 3.94. The summed E-state index contributed by atoms with van der Waals surface area (Å²) < 4.78 is 7.53. The minimum atomic E-state index is 0.0882. The molecule has 2 aliphatic heterocycles. The highest BCUT2D eigenvalue weighted by Crippen LogP contribution is 2.23. The summed E-state index contributed by atoms with van der Waals surface area (Å²) in [4.78, 5) is 20.9. The van der Waals surface area contributed by atoms with Crippen LogP contribution in [-0.2, 0) is 11.3 Å². The molecule has 0 aliphatic carbocycles. The Labute approximate surface area is 158 Å². The summed E-state index contributed by atoms with van der Waals surface area (Å²) in [7, 11) is 0. The Balaban J connectivity index is 1.20. The molecule has 4 rings (SSSR count). The van der Waals surface area contributed by atoms with Crippen LogP contribution >= 0.6 is 0 Å². The monoisotopic (exact) mass is 371 g/mol. The van der Waals surface area contributed by atoms with Gasteiger partial charge in [-0.25, -0.2) is 4.68 Å². The van der Waals surface area contributed by atoms with E-state index in [9.17, 15) is 4.79 Å². The first-order valence-corrected chi connectivity index (χ1v) is 9.57. The van der Waals surface area contributed by atoms with Crippen LogP contribution in [0.3, 0.4) is 0 Å². The lowest BCUT2D eigenvalue weighted by Crippen LogP contribution is -2.50. The second-order valence-corrected chi connectivity index (χ2v) is 7.16. The van der Waals surface area contributed by atoms with Crippen molar-refractivity contribution in [2.24, 2.45) is 0 Å². The van der Waals surface area contributed by atoms with E-state index in [1.807, 2.05) is 17.0 Å². The first-order valence-electron chi connectivity index (χ1n) is 9.57. The van der Waals surface area contributed by atoms with Crippen molar-refractivity contribution in [1.82, 2.24) is 35.0 Å². The molecule has 4 heterocycles. The van der Waals surface area contributed by atoms with Crippen molar-refractivity contribution in [2.45, 2.75) is 44.4 Å². The maximum atomic E-state index is 12.3. The van der Waals surface area contributed by atoms with E-state index < -0.39 is 0 Å². The van der Waals surface area contributed by atoms with Gasteiger partial charge < -0.3 is 9.64 Å². The van der Waals surface area contributed by atoms with E-state index >= 15 is 0 Å². The van der Waals surface area contributed by atoms with Crippen LogP contribution < -0.4 is 4.74 Å². The van der Waals surface area contributed by atoms with Crippen LogP contribution in [0.1, 0.15) is 25.7 Å². The summed E-state index contributed by atoms with van der Waals surface area (Å²) in [6.07, 6.45) is 9.41. The van der Waals surface area contributed by atoms with Crippen molar-refractivity contribution in [1.29, 1.82) is 0 Å². The summed E-state index contributed by atoms with van der Waals surface area (Å²) in [5.41, 5.74) is 0. The van der Waals surface area contributed by atoms with Gasteiger partial charge in [0.1, 0.15) is 24.7 Å². The van der Waals surface area contributed by atoms with Crippen molar-refractivity contribution in [3.8, 4) is 5.75 Å². The van der Waals surface area contributed by atoms with E-state index in [1.54, 1.807) is 12.4 Å². The minimum absolute atomic E-state index is 0.0882. The summed E-state index contributed by atoms with van der Waals surface area (Å²) >= 11 is 0. The van der Waals surface area contributed by atoms with Crippen molar-refractivity contribution in [2.75, 3.05) is 26.2 Å². The molecule has 0 saturated carbocycles. The topological polar surface area (TPSA) is 89.3 Å². The van der Waals surface area contributed by atoms with Crippen LogP contribution in [0.2, 0.25) is 0 Å². The van der Waals surface area contributed by atoms with Crippen LogP contribution in [0.5, 0.6) is 5.75 Å². The second kappa shape index (κ2) is 8.43. The lowest BCUT2D eigenvalue weighted by Gasteiger charge is -2.41. The number of likely N-dealkylation sites (tertiary alicyclic amines) is 2. The molecule has 2 aliphatic rings. The highest BCUT2D eigenvalue weighted by atomic mass is 16.5. The SMILES string of the molecule is O=C(Cn1cnnn1)N1CCC(N2CCC(Oc3ccncc3)CC2)CC1. The molecule has 0 bridgehead atoms. The van der Waals surface area contributed by atoms with Gasteiger partial charge in [0.15, 0.2) is 0 Å². The molecule has 0 N–H and O–H groups in total. The molecule has 2 aromatic rings. The third-order valence-corrected chi connectivity index (χ3v) is 5.45. The van der Waals surface area contributed by atoms with Gasteiger partial charge in [-0.05, 0) is 48.2 Å². The maximum Gasteiger partial charge on any atom is 0.244 e. The van der Waals surface area contributed by atoms with Gasteiger partial charge in [0.05, 0.1) is 0 Å². The third kappa shape index (κ3) is 4.60. The van der Waals surface area contributed by atoms with Gasteiger partial charge in [0.2, 0.25) is 5.91 Å². The lowest BCUT2D eigenvalue weighted by atomic mass is 9.98. The molecule has 27 heavy (non-hydrogen) atoms. The number of carbonyl (C=O) groups is 1. The average Bonchev–Trinajstić information content (AvgIpc) is 3.22. The molecule has 9 heteroatoms. The predicted octanol–water partition coefficient (Wildman–Crippen LogP) is 0.603. The molecular weight excluding hydrogens is 346 g/mol. The molecule has 1 amide bonds. The van der Waals surface area contributed by atoms with E-state index in [2.05, 4.69) is 25.4 Å². The fraction of sp³-hybridized carbons (Fsp3) is 0.611. The number of hydrogen-bond acceptors (Lipinski definition) is 7. The van der Waals surface area contributed by atoms with Gasteiger partial charge >= 0.3 is 0 Å². The Hall–Kier alpha value is -2.55. The zero-order valence-corrected chi connectivity index (χ0v) is 15.4. The third-order valence-electron chi connectivity index (χ3n) is 5.45. The quantitative estimate of drug-likeness (QED) is 0.760. The van der Waals surface area contributed by atoms with Crippen LogP contribution in [0.25, 0.3) is 0 Å². The summed E-state index contributed by atoms with van der Waals surface area (Å²) in [5, 5.41) is 10.9. The summed E-state index contributed by atoms with van der Waals surface area (Å²) in [6.45, 7) is 3.94. The van der Waals surface area contributed by atoms with E-state index in [0.29, 0.717) is 6.04 Å². The predicted molar refractivity (Wildman–Crippen MR) is 96.9 cm³/mol. The van der Waals surface area contributed by atoms with Crippen molar-refractivity contribution in [3.63, 3.8) is 0 Å². The van der Waals surface area contributed by atoms with Crippen LogP contribution in [0, 0.1) is 0 Å². The number of rotatable bonds is 5. The molecule has 0 radical (unpaired) electrons. The molecule has 2 aromatic heterocycles. The van der Waals surface area contributed by atoms with Crippen molar-refractivity contribution in [3.05, 3.63) is 30.9 Å². The number of piperidine rings is 2. The van der Waals surface area contributed by atoms with E-state index in [1.165, 1.54) is 11.0 Å². The van der Waals surface area contributed by atoms with Gasteiger partial charge in [-0.1, -0.05) is 0 Å². The number of nitrogens with zero attached hydrogens (tertiary/aromatic N) is 7. The van der Waals surface area contributed by atoms with Gasteiger partial charge in [0, 0.05) is 44.6 Å². The minimum Gasteiger partial charge on any atom is -0.490 e. The Morgan fingerprint density at radius 3 is 2.48 bits per heavy atom. The number of hydrogen-bond donors (Lipinski definition) is 0. The molecule has 9 nitrogen and oxygen atoms in total. The molecule has 0 unspecified atom stereocenters. The normalized spacial score (nSPS) is 19.9. The van der Waals surface area contributed by atoms with E-state index in [0.717, 1.165) is 57.6 Å². The Kier molecular flexibility index (Phi) is 5.57. The zero-order valence-electron chi connectivity index (χ0n) is 15.4. The van der Waals surface area contributed by atoms with Crippen LogP contribution in [0.15, 0.2) is 30.9 Å². The number of aromatic nitrogens is 5. The van der Waals surface area contributed by atoms with Gasteiger partial charge in [-0.15, -0.1) is 5.10 Å². The van der Waals surface area contributed by atoms with Crippen molar-refractivity contribution < 1.29 is 9.53 Å². The maximum absolute atomic E-state index is 12.3. The fourth-order valence-corrected chi connectivity index (χ4v) is 3.94. The average molecular weight is 371 g/mol. The first kappa shape index (κ1) is 17.8. The van der Waals surface area contributed by atoms with Gasteiger partial charge in [-0.3, -0.25) is 14.7 Å². The zero-order chi connectivity index (χ0) is 18.5. The molecule has 144 valence electrons. The largest absolute Gasteiger partial charge is 0.490 e. The van der Waals surface area contributed by atoms with Gasteiger partial charge in [0.25, 0.3) is 0 Å². The Morgan fingerprint density at radius 1 is 1.07 bits per heavy atom. The first-order chi connectivity index (χ1) is 13.3. The van der Waals surface area contributed by atoms with E-state index in [-0.39, 0.29) is 18.6 Å². The highest BCUT2D eigenvalue weighted by Gasteiger charge is 2.30. The summed E-state index contributed by atoms with van der Waals surface area (Å²) in [6, 6.07) is 4.38. The van der Waals surface area contributed by atoms with Crippen molar-refractivity contribution >= 4 is 5.91 Å². The standard InChI is InChI=1S/C18H25N7O2/c26-18(13-25-14-20-21-22-25)24-9-3-15(4-10-24)23-11-5-17(6-12-23)27-16-1-7-19-8-2-16/h1-2,7-8,14-15,17H,3-6,9-13H2. The van der Waals surface area contributed by atoms with Gasteiger partial charge in [-0.2, -0.15) is 0 Å². The second-order valence-electron chi connectivity index (χ2n) is 7.16. The smallest absolute Gasteiger partial charge is 0.244 e. The Morgan fingerprint density at radius 2 is 1.81 bits per heavy atom. The molecule has 2 saturated heterocycles. The number of tetrazole rings is 1. The van der Waals surface area contributed by atoms with Crippen LogP contribution in [-0.4, -0.2) is 79.2 Å². The lowest BCUT2D eigenvalue weighted by molar-refractivity contribution is -0.133. The van der Waals surface area contributed by atoms with Crippen LogP contribution in [0.4, 0.5) is 0 Å². The number of pyridine rings is 1. The Bertz CT molecular complexity index is 709. The number of amides is 1. The molecule has 0 atom stereocenters. The van der Waals surface area contributed by atoms with E-state index in [4.69, 9.17) is 4.74 Å². The highest BCUT2D eigenvalue weighted by molar-refractivity contribution is 5.75. The molecule has 2 fully saturated rings. The molecule has 0 spiro atoms. The molecule has 0 aromatic carbocycles.